The van der Waals surface area contributed by atoms with Gasteiger partial charge in [0.2, 0.25) is 5.91 Å². The number of alkyl halides is 3. The van der Waals surface area contributed by atoms with Gasteiger partial charge in [-0.15, -0.1) is 0 Å². The average molecular weight is 354 g/mol. The molecule has 3 N–H and O–H groups in total. The van der Waals surface area contributed by atoms with E-state index in [4.69, 9.17) is 5.73 Å². The van der Waals surface area contributed by atoms with E-state index >= 15 is 0 Å². The van der Waals surface area contributed by atoms with Gasteiger partial charge in [0.15, 0.2) is 0 Å². The molecule has 2 fully saturated rings. The molecule has 0 spiro atoms. The second-order valence-electron chi connectivity index (χ2n) is 7.55. The van der Waals surface area contributed by atoms with E-state index in [1.54, 1.807) is 6.07 Å². The van der Waals surface area contributed by atoms with Crippen LogP contribution in [0.1, 0.15) is 56.1 Å². The highest BCUT2D eigenvalue weighted by Crippen LogP contribution is 2.42. The Morgan fingerprint density at radius 1 is 1.24 bits per heavy atom. The summed E-state index contributed by atoms with van der Waals surface area (Å²) in [6.07, 6.45) is 1.56. The SMILES string of the molecule is NC1CCC(C(=O)NCC2(c3cccc(C(F)(F)F)c3)CCCC2)C1. The predicted molar refractivity (Wildman–Crippen MR) is 89.9 cm³/mol. The van der Waals surface area contributed by atoms with Crippen molar-refractivity contribution in [3.63, 3.8) is 0 Å². The summed E-state index contributed by atoms with van der Waals surface area (Å²) in [6, 6.07) is 5.67. The molecule has 25 heavy (non-hydrogen) atoms. The third-order valence-corrected chi connectivity index (χ3v) is 5.81. The number of nitrogens with one attached hydrogen (secondary N) is 1. The van der Waals surface area contributed by atoms with Gasteiger partial charge in [-0.25, -0.2) is 0 Å². The summed E-state index contributed by atoms with van der Waals surface area (Å²) in [5.74, 6) is -0.0684. The molecule has 0 aliphatic heterocycles. The van der Waals surface area contributed by atoms with Crippen molar-refractivity contribution in [2.75, 3.05) is 6.54 Å². The summed E-state index contributed by atoms with van der Waals surface area (Å²) in [7, 11) is 0. The second kappa shape index (κ2) is 6.98. The highest BCUT2D eigenvalue weighted by Gasteiger charge is 2.39. The van der Waals surface area contributed by atoms with Gasteiger partial charge in [0.05, 0.1) is 5.56 Å². The van der Waals surface area contributed by atoms with Crippen LogP contribution in [-0.4, -0.2) is 18.5 Å². The Morgan fingerprint density at radius 2 is 1.96 bits per heavy atom. The molecule has 1 aromatic rings. The first-order chi connectivity index (χ1) is 11.8. The van der Waals surface area contributed by atoms with Gasteiger partial charge in [-0.2, -0.15) is 13.2 Å². The lowest BCUT2D eigenvalue weighted by molar-refractivity contribution is -0.137. The van der Waals surface area contributed by atoms with Gasteiger partial charge in [0, 0.05) is 23.9 Å². The maximum absolute atomic E-state index is 13.1. The molecule has 3 nitrogen and oxygen atoms in total. The van der Waals surface area contributed by atoms with E-state index in [2.05, 4.69) is 5.32 Å². The standard InChI is InChI=1S/C19H25F3N2O/c20-19(21,22)15-5-3-4-14(11-15)18(8-1-2-9-18)12-24-17(25)13-6-7-16(23)10-13/h3-5,11,13,16H,1-2,6-10,12,23H2,(H,24,25). The van der Waals surface area contributed by atoms with Crippen LogP contribution in [0, 0.1) is 5.92 Å². The van der Waals surface area contributed by atoms with Gasteiger partial charge < -0.3 is 11.1 Å². The minimum absolute atomic E-state index is 0.00815. The number of amides is 1. The van der Waals surface area contributed by atoms with Gasteiger partial charge >= 0.3 is 6.18 Å². The van der Waals surface area contributed by atoms with Crippen LogP contribution in [0.25, 0.3) is 0 Å². The Bertz CT molecular complexity index is 623. The summed E-state index contributed by atoms with van der Waals surface area (Å²) < 4.78 is 39.2. The number of rotatable bonds is 4. The predicted octanol–water partition coefficient (Wildman–Crippen LogP) is 3.76. The van der Waals surface area contributed by atoms with Crippen LogP contribution >= 0.6 is 0 Å². The van der Waals surface area contributed by atoms with Crippen molar-refractivity contribution < 1.29 is 18.0 Å². The van der Waals surface area contributed by atoms with Crippen molar-refractivity contribution >= 4 is 5.91 Å². The fraction of sp³-hybridized carbons (Fsp3) is 0.632. The number of carbonyl (C=O) groups excluding carboxylic acids is 1. The van der Waals surface area contributed by atoms with Crippen LogP contribution in [0.2, 0.25) is 0 Å². The van der Waals surface area contributed by atoms with Crippen molar-refractivity contribution in [2.24, 2.45) is 11.7 Å². The van der Waals surface area contributed by atoms with E-state index in [1.807, 2.05) is 0 Å². The molecule has 2 aliphatic rings. The van der Waals surface area contributed by atoms with Crippen LogP contribution in [0.3, 0.4) is 0 Å². The normalized spacial score (nSPS) is 25.9. The number of halogens is 3. The fourth-order valence-electron chi connectivity index (χ4n) is 4.30. The van der Waals surface area contributed by atoms with Crippen molar-refractivity contribution in [1.29, 1.82) is 0 Å². The number of hydrogen-bond acceptors (Lipinski definition) is 2. The molecule has 2 unspecified atom stereocenters. The van der Waals surface area contributed by atoms with E-state index in [0.717, 1.165) is 44.6 Å². The topological polar surface area (TPSA) is 55.1 Å². The molecule has 6 heteroatoms. The molecule has 2 saturated carbocycles. The van der Waals surface area contributed by atoms with Gasteiger partial charge in [-0.05, 0) is 43.7 Å². The Morgan fingerprint density at radius 3 is 2.56 bits per heavy atom. The fourth-order valence-corrected chi connectivity index (χ4v) is 4.30. The molecule has 2 atom stereocenters. The molecular weight excluding hydrogens is 329 g/mol. The first-order valence-electron chi connectivity index (χ1n) is 9.01. The first kappa shape index (κ1) is 18.2. The zero-order valence-electron chi connectivity index (χ0n) is 14.2. The highest BCUT2D eigenvalue weighted by atomic mass is 19.4. The quantitative estimate of drug-likeness (QED) is 0.865. The summed E-state index contributed by atoms with van der Waals surface area (Å²) in [6.45, 7) is 0.402. The molecular formula is C19H25F3N2O. The smallest absolute Gasteiger partial charge is 0.355 e. The molecule has 138 valence electrons. The zero-order chi connectivity index (χ0) is 18.1. The lowest BCUT2D eigenvalue weighted by Crippen LogP contribution is -2.41. The van der Waals surface area contributed by atoms with Crippen molar-refractivity contribution in [3.05, 3.63) is 35.4 Å². The largest absolute Gasteiger partial charge is 0.416 e. The first-order valence-corrected chi connectivity index (χ1v) is 9.01. The molecule has 0 heterocycles. The van der Waals surface area contributed by atoms with Crippen molar-refractivity contribution in [2.45, 2.75) is 62.6 Å². The maximum Gasteiger partial charge on any atom is 0.416 e. The van der Waals surface area contributed by atoms with Gasteiger partial charge in [0.1, 0.15) is 0 Å². The van der Waals surface area contributed by atoms with Crippen LogP contribution in [0.4, 0.5) is 13.2 Å². The van der Waals surface area contributed by atoms with Crippen LogP contribution in [0.5, 0.6) is 0 Å². The Hall–Kier alpha value is -1.56. The molecule has 1 aromatic carbocycles. The lowest BCUT2D eigenvalue weighted by atomic mass is 9.78. The van der Waals surface area contributed by atoms with E-state index in [0.29, 0.717) is 18.5 Å². The summed E-state index contributed by atoms with van der Waals surface area (Å²) in [5.41, 5.74) is 5.54. The van der Waals surface area contributed by atoms with Gasteiger partial charge in [-0.3, -0.25) is 4.79 Å². The lowest BCUT2D eigenvalue weighted by Gasteiger charge is -2.31. The van der Waals surface area contributed by atoms with Crippen LogP contribution in [-0.2, 0) is 16.4 Å². The summed E-state index contributed by atoms with van der Waals surface area (Å²) in [5, 5.41) is 3.01. The molecule has 0 radical (unpaired) electrons. The van der Waals surface area contributed by atoms with Crippen LogP contribution in [0.15, 0.2) is 24.3 Å². The van der Waals surface area contributed by atoms with E-state index in [-0.39, 0.29) is 17.9 Å². The molecule has 1 amide bonds. The number of nitrogens with two attached hydrogens (primary N) is 1. The van der Waals surface area contributed by atoms with Gasteiger partial charge in [-0.1, -0.05) is 31.0 Å². The third kappa shape index (κ3) is 4.00. The molecule has 0 bridgehead atoms. The Labute approximate surface area is 146 Å². The molecule has 3 rings (SSSR count). The van der Waals surface area contributed by atoms with E-state index < -0.39 is 17.2 Å². The number of carbonyl (C=O) groups is 1. The van der Waals surface area contributed by atoms with Crippen LogP contribution < -0.4 is 11.1 Å². The summed E-state index contributed by atoms with van der Waals surface area (Å²) >= 11 is 0. The van der Waals surface area contributed by atoms with E-state index in [9.17, 15) is 18.0 Å². The van der Waals surface area contributed by atoms with Crippen molar-refractivity contribution in [3.8, 4) is 0 Å². The number of hydrogen-bond donors (Lipinski definition) is 2. The average Bonchev–Trinajstić information content (AvgIpc) is 3.22. The molecule has 0 saturated heterocycles. The third-order valence-electron chi connectivity index (χ3n) is 5.81. The minimum atomic E-state index is -4.35. The molecule has 0 aromatic heterocycles. The van der Waals surface area contributed by atoms with Crippen molar-refractivity contribution in [1.82, 2.24) is 5.32 Å². The molecule has 2 aliphatic carbocycles. The maximum atomic E-state index is 13.1. The monoisotopic (exact) mass is 354 g/mol. The Balaban J connectivity index is 1.75. The highest BCUT2D eigenvalue weighted by molar-refractivity contribution is 5.79. The second-order valence-corrected chi connectivity index (χ2v) is 7.55. The number of benzene rings is 1. The summed E-state index contributed by atoms with van der Waals surface area (Å²) in [4.78, 5) is 12.4. The van der Waals surface area contributed by atoms with E-state index in [1.165, 1.54) is 12.1 Å². The minimum Gasteiger partial charge on any atom is -0.355 e. The zero-order valence-corrected chi connectivity index (χ0v) is 14.2. The van der Waals surface area contributed by atoms with Gasteiger partial charge in [0.25, 0.3) is 0 Å². The Kier molecular flexibility index (Phi) is 5.09.